The average molecular weight is 717 g/mol. The van der Waals surface area contributed by atoms with Gasteiger partial charge in [-0.15, -0.1) is 0 Å². The second-order valence-electron chi connectivity index (χ2n) is 14.1. The number of hydrogen-bond acceptors (Lipinski definition) is 4. The largest absolute Gasteiger partial charge is 0.456 e. The first-order chi connectivity index (χ1) is 27.7. The lowest BCUT2D eigenvalue weighted by molar-refractivity contribution is 0.668. The fraction of sp³-hybridized carbons (Fsp3) is 0. The number of hydrogen-bond donors (Lipinski definition) is 0. The summed E-state index contributed by atoms with van der Waals surface area (Å²) < 4.78 is 12.4. The molecular formula is C52H32N2O2. The van der Waals surface area contributed by atoms with Gasteiger partial charge in [-0.05, 0) is 63.7 Å². The lowest BCUT2D eigenvalue weighted by Crippen LogP contribution is -1.96. The third-order valence-corrected chi connectivity index (χ3v) is 10.8. The van der Waals surface area contributed by atoms with Crippen LogP contribution >= 0.6 is 0 Å². The lowest BCUT2D eigenvalue weighted by atomic mass is 9.97. The molecule has 3 aromatic heterocycles. The Labute approximate surface area is 323 Å². The molecule has 0 unspecified atom stereocenters. The molecular weight excluding hydrogens is 685 g/mol. The first-order valence-corrected chi connectivity index (χ1v) is 18.8. The summed E-state index contributed by atoms with van der Waals surface area (Å²) in [6, 6.07) is 67.3. The highest BCUT2D eigenvalue weighted by molar-refractivity contribution is 6.13. The Hall–Kier alpha value is -7.56. The molecule has 0 amide bonds. The van der Waals surface area contributed by atoms with E-state index >= 15 is 0 Å². The molecule has 8 aromatic carbocycles. The molecule has 0 saturated heterocycles. The van der Waals surface area contributed by atoms with Crippen LogP contribution in [0.25, 0.3) is 111 Å². The van der Waals surface area contributed by atoms with Crippen LogP contribution in [0.3, 0.4) is 0 Å². The zero-order chi connectivity index (χ0) is 37.0. The van der Waals surface area contributed by atoms with E-state index in [1.165, 1.54) is 5.56 Å². The molecule has 3 heterocycles. The predicted molar refractivity (Wildman–Crippen MR) is 229 cm³/mol. The molecule has 0 saturated carbocycles. The summed E-state index contributed by atoms with van der Waals surface area (Å²) in [5.41, 5.74) is 15.1. The molecule has 11 aromatic rings. The van der Waals surface area contributed by atoms with Gasteiger partial charge in [0.2, 0.25) is 0 Å². The highest BCUT2D eigenvalue weighted by atomic mass is 16.3. The number of para-hydroxylation sites is 2. The SMILES string of the molecule is c1ccc(-c2ccc(-c3cc(-c4ccc(-c5cccc6oc7ccccc7c56)cc4)nc(-c4ccc(-c5cccc6oc7ccccc7c56)cc4)n3)cc2)cc1. The molecule has 0 fully saturated rings. The zero-order valence-corrected chi connectivity index (χ0v) is 30.2. The van der Waals surface area contributed by atoms with E-state index in [1.807, 2.05) is 42.5 Å². The van der Waals surface area contributed by atoms with Crippen molar-refractivity contribution in [2.75, 3.05) is 0 Å². The van der Waals surface area contributed by atoms with E-state index in [0.717, 1.165) is 99.8 Å². The van der Waals surface area contributed by atoms with Gasteiger partial charge in [-0.25, -0.2) is 9.97 Å². The Morgan fingerprint density at radius 2 is 0.679 bits per heavy atom. The Balaban J connectivity index is 1.00. The smallest absolute Gasteiger partial charge is 0.160 e. The summed E-state index contributed by atoms with van der Waals surface area (Å²) in [6.45, 7) is 0. The maximum Gasteiger partial charge on any atom is 0.160 e. The van der Waals surface area contributed by atoms with Gasteiger partial charge >= 0.3 is 0 Å². The van der Waals surface area contributed by atoms with Crippen LogP contribution in [0.1, 0.15) is 0 Å². The number of benzene rings is 8. The van der Waals surface area contributed by atoms with Crippen molar-refractivity contribution in [3.8, 4) is 67.3 Å². The Morgan fingerprint density at radius 1 is 0.286 bits per heavy atom. The molecule has 0 bridgehead atoms. The monoisotopic (exact) mass is 716 g/mol. The van der Waals surface area contributed by atoms with E-state index < -0.39 is 0 Å². The van der Waals surface area contributed by atoms with Gasteiger partial charge in [-0.3, -0.25) is 0 Å². The number of aromatic nitrogens is 2. The van der Waals surface area contributed by atoms with Gasteiger partial charge in [0.05, 0.1) is 11.4 Å². The molecule has 4 nitrogen and oxygen atoms in total. The molecule has 0 atom stereocenters. The minimum absolute atomic E-state index is 0.668. The molecule has 0 N–H and O–H groups in total. The number of nitrogens with zero attached hydrogens (tertiary/aromatic N) is 2. The van der Waals surface area contributed by atoms with Crippen LogP contribution in [-0.4, -0.2) is 9.97 Å². The molecule has 0 aliphatic rings. The van der Waals surface area contributed by atoms with Crippen LogP contribution in [0.15, 0.2) is 203 Å². The van der Waals surface area contributed by atoms with Crippen molar-refractivity contribution < 1.29 is 8.83 Å². The van der Waals surface area contributed by atoms with Crippen LogP contribution in [0.4, 0.5) is 0 Å². The Bertz CT molecular complexity index is 3040. The maximum absolute atomic E-state index is 6.19. The standard InChI is InChI=1S/C52H32N2O2/c1-2-10-33(11-3-1)34-20-26-37(27-21-34)44-32-45(38-28-22-35(23-29-38)40-14-8-18-48-50(40)42-12-4-6-16-46(42)55-48)54-52(53-44)39-30-24-36(25-31-39)41-15-9-19-49-51(41)43-13-5-7-17-47(43)56-49/h1-32H. The third kappa shape index (κ3) is 5.47. The molecule has 0 aliphatic carbocycles. The highest BCUT2D eigenvalue weighted by Crippen LogP contribution is 2.39. The topological polar surface area (TPSA) is 52.1 Å². The van der Waals surface area contributed by atoms with Crippen LogP contribution < -0.4 is 0 Å². The van der Waals surface area contributed by atoms with Crippen LogP contribution in [0, 0.1) is 0 Å². The van der Waals surface area contributed by atoms with Gasteiger partial charge in [-0.2, -0.15) is 0 Å². The van der Waals surface area contributed by atoms with Gasteiger partial charge in [0.15, 0.2) is 5.82 Å². The molecule has 56 heavy (non-hydrogen) atoms. The van der Waals surface area contributed by atoms with Gasteiger partial charge < -0.3 is 8.83 Å². The lowest BCUT2D eigenvalue weighted by Gasteiger charge is -2.12. The van der Waals surface area contributed by atoms with Gasteiger partial charge in [0, 0.05) is 38.2 Å². The van der Waals surface area contributed by atoms with Crippen molar-refractivity contribution in [3.63, 3.8) is 0 Å². The van der Waals surface area contributed by atoms with Crippen molar-refractivity contribution in [1.82, 2.24) is 9.97 Å². The fourth-order valence-electron chi connectivity index (χ4n) is 7.99. The molecule has 4 heteroatoms. The number of rotatable bonds is 6. The van der Waals surface area contributed by atoms with E-state index in [0.29, 0.717) is 5.82 Å². The predicted octanol–water partition coefficient (Wildman–Crippen LogP) is 14.3. The van der Waals surface area contributed by atoms with E-state index in [2.05, 4.69) is 152 Å². The molecule has 0 radical (unpaired) electrons. The van der Waals surface area contributed by atoms with Crippen molar-refractivity contribution in [2.24, 2.45) is 0 Å². The van der Waals surface area contributed by atoms with Crippen molar-refractivity contribution >= 4 is 43.9 Å². The average Bonchev–Trinajstić information content (AvgIpc) is 3.86. The van der Waals surface area contributed by atoms with E-state index in [9.17, 15) is 0 Å². The van der Waals surface area contributed by atoms with Crippen molar-refractivity contribution in [2.45, 2.75) is 0 Å². The summed E-state index contributed by atoms with van der Waals surface area (Å²) in [5.74, 6) is 0.668. The summed E-state index contributed by atoms with van der Waals surface area (Å²) in [6.07, 6.45) is 0. The molecule has 262 valence electrons. The molecule has 0 aliphatic heterocycles. The van der Waals surface area contributed by atoms with Gasteiger partial charge in [-0.1, -0.05) is 164 Å². The van der Waals surface area contributed by atoms with E-state index in [4.69, 9.17) is 18.8 Å². The van der Waals surface area contributed by atoms with Gasteiger partial charge in [0.25, 0.3) is 0 Å². The van der Waals surface area contributed by atoms with Gasteiger partial charge in [0.1, 0.15) is 22.3 Å². The Morgan fingerprint density at radius 3 is 1.20 bits per heavy atom. The maximum atomic E-state index is 6.19. The molecule has 0 spiro atoms. The van der Waals surface area contributed by atoms with Crippen molar-refractivity contribution in [1.29, 1.82) is 0 Å². The quantitative estimate of drug-likeness (QED) is 0.172. The fourth-order valence-corrected chi connectivity index (χ4v) is 7.99. The minimum Gasteiger partial charge on any atom is -0.456 e. The van der Waals surface area contributed by atoms with Crippen LogP contribution in [-0.2, 0) is 0 Å². The normalized spacial score (nSPS) is 11.6. The first-order valence-electron chi connectivity index (χ1n) is 18.8. The third-order valence-electron chi connectivity index (χ3n) is 10.8. The Kier molecular flexibility index (Phi) is 7.46. The van der Waals surface area contributed by atoms with Crippen LogP contribution in [0.5, 0.6) is 0 Å². The summed E-state index contributed by atoms with van der Waals surface area (Å²) in [7, 11) is 0. The summed E-state index contributed by atoms with van der Waals surface area (Å²) in [4.78, 5) is 10.4. The van der Waals surface area contributed by atoms with E-state index in [-0.39, 0.29) is 0 Å². The van der Waals surface area contributed by atoms with Crippen molar-refractivity contribution in [3.05, 3.63) is 194 Å². The highest BCUT2D eigenvalue weighted by Gasteiger charge is 2.16. The first kappa shape index (κ1) is 31.9. The number of furan rings is 2. The number of fused-ring (bicyclic) bond motifs is 6. The zero-order valence-electron chi connectivity index (χ0n) is 30.2. The molecule has 11 rings (SSSR count). The summed E-state index contributed by atoms with van der Waals surface area (Å²) >= 11 is 0. The second kappa shape index (κ2) is 13.1. The van der Waals surface area contributed by atoms with Crippen LogP contribution in [0.2, 0.25) is 0 Å². The van der Waals surface area contributed by atoms with E-state index in [1.54, 1.807) is 0 Å². The summed E-state index contributed by atoms with van der Waals surface area (Å²) in [5, 5.41) is 4.48. The second-order valence-corrected chi connectivity index (χ2v) is 14.1. The minimum atomic E-state index is 0.668.